The Morgan fingerprint density at radius 3 is 2.78 bits per heavy atom. The molecule has 0 spiro atoms. The van der Waals surface area contributed by atoms with Gasteiger partial charge in [0.25, 0.3) is 11.6 Å². The van der Waals surface area contributed by atoms with Crippen LogP contribution in [0.4, 0.5) is 5.69 Å². The monoisotopic (exact) mass is 313 g/mol. The molecule has 2 aromatic carbocycles. The number of aryl methyl sites for hydroxylation is 1. The number of rotatable bonds is 5. The highest BCUT2D eigenvalue weighted by atomic mass is 16.6. The molecule has 2 aromatic rings. The Balaban J connectivity index is 2.10. The van der Waals surface area contributed by atoms with Gasteiger partial charge in [0.1, 0.15) is 5.75 Å². The lowest BCUT2D eigenvalue weighted by atomic mass is 10.1. The number of carbonyl (C=O) groups is 1. The molecule has 0 aliphatic heterocycles. The van der Waals surface area contributed by atoms with Crippen LogP contribution in [0.5, 0.6) is 5.75 Å². The molecule has 0 unspecified atom stereocenters. The third kappa shape index (κ3) is 4.13. The second kappa shape index (κ2) is 7.17. The Labute approximate surface area is 132 Å². The van der Waals surface area contributed by atoms with Crippen LogP contribution >= 0.6 is 0 Å². The number of hydrogen-bond acceptors (Lipinski definition) is 5. The summed E-state index contributed by atoms with van der Waals surface area (Å²) in [6.07, 6.45) is 1.34. The Bertz CT molecular complexity index is 772. The summed E-state index contributed by atoms with van der Waals surface area (Å²) < 4.78 is 5.17. The number of nitrogens with one attached hydrogen (secondary N) is 1. The van der Waals surface area contributed by atoms with Gasteiger partial charge in [-0.3, -0.25) is 14.9 Å². The number of ether oxygens (including phenoxy) is 1. The zero-order valence-electron chi connectivity index (χ0n) is 12.6. The maximum absolute atomic E-state index is 12.1. The number of benzene rings is 2. The minimum atomic E-state index is -0.493. The summed E-state index contributed by atoms with van der Waals surface area (Å²) in [5.41, 5.74) is 4.17. The summed E-state index contributed by atoms with van der Waals surface area (Å²) in [7, 11) is 1.48. The van der Waals surface area contributed by atoms with Crippen LogP contribution in [0.2, 0.25) is 0 Å². The van der Waals surface area contributed by atoms with Crippen LogP contribution in [0.15, 0.2) is 47.6 Å². The van der Waals surface area contributed by atoms with Gasteiger partial charge in [0.2, 0.25) is 0 Å². The van der Waals surface area contributed by atoms with Gasteiger partial charge in [-0.25, -0.2) is 5.43 Å². The highest BCUT2D eigenvalue weighted by molar-refractivity contribution is 5.97. The van der Waals surface area contributed by atoms with Gasteiger partial charge in [-0.05, 0) is 24.6 Å². The maximum atomic E-state index is 12.1. The predicted molar refractivity (Wildman–Crippen MR) is 85.9 cm³/mol. The molecule has 1 N–H and O–H groups in total. The first kappa shape index (κ1) is 16.2. The standard InChI is InChI=1S/C16H15N3O4/c1-11-6-7-14(15(8-11)23-2)16(20)18-17-10-12-4-3-5-13(9-12)19(21)22/h3-10H,1-2H3,(H,18,20)/b17-10-. The van der Waals surface area contributed by atoms with Gasteiger partial charge < -0.3 is 4.74 Å². The van der Waals surface area contributed by atoms with E-state index in [2.05, 4.69) is 10.5 Å². The first-order valence-corrected chi connectivity index (χ1v) is 6.74. The number of carbonyl (C=O) groups excluding carboxylic acids is 1. The summed E-state index contributed by atoms with van der Waals surface area (Å²) in [6.45, 7) is 1.89. The van der Waals surface area contributed by atoms with Crippen molar-refractivity contribution < 1.29 is 14.5 Å². The lowest BCUT2D eigenvalue weighted by Crippen LogP contribution is -2.18. The van der Waals surface area contributed by atoms with Crippen molar-refractivity contribution in [2.24, 2.45) is 5.10 Å². The van der Waals surface area contributed by atoms with Crippen LogP contribution in [0.25, 0.3) is 0 Å². The van der Waals surface area contributed by atoms with Crippen LogP contribution in [0.1, 0.15) is 21.5 Å². The molecule has 1 amide bonds. The molecule has 0 atom stereocenters. The molecule has 0 saturated carbocycles. The fourth-order valence-corrected chi connectivity index (χ4v) is 1.93. The van der Waals surface area contributed by atoms with Gasteiger partial charge in [-0.1, -0.05) is 18.2 Å². The molecule has 2 rings (SSSR count). The molecule has 0 saturated heterocycles. The molecule has 118 valence electrons. The number of methoxy groups -OCH3 is 1. The van der Waals surface area contributed by atoms with E-state index in [4.69, 9.17) is 4.74 Å². The van der Waals surface area contributed by atoms with Gasteiger partial charge in [0, 0.05) is 17.7 Å². The van der Waals surface area contributed by atoms with Crippen molar-refractivity contribution in [3.63, 3.8) is 0 Å². The van der Waals surface area contributed by atoms with Gasteiger partial charge in [0.05, 0.1) is 23.8 Å². The van der Waals surface area contributed by atoms with Crippen molar-refractivity contribution in [2.45, 2.75) is 6.92 Å². The minimum Gasteiger partial charge on any atom is -0.496 e. The molecule has 23 heavy (non-hydrogen) atoms. The Hall–Kier alpha value is -3.22. The predicted octanol–water partition coefficient (Wildman–Crippen LogP) is 2.68. The summed E-state index contributed by atoms with van der Waals surface area (Å²) in [5.74, 6) is 0.0246. The third-order valence-corrected chi connectivity index (χ3v) is 3.06. The SMILES string of the molecule is COc1cc(C)ccc1C(=O)N/N=C\c1cccc([N+](=O)[O-])c1. The number of non-ortho nitro benzene ring substituents is 1. The van der Waals surface area contributed by atoms with E-state index in [9.17, 15) is 14.9 Å². The largest absolute Gasteiger partial charge is 0.496 e. The topological polar surface area (TPSA) is 93.8 Å². The van der Waals surface area contributed by atoms with Crippen molar-refractivity contribution >= 4 is 17.8 Å². The highest BCUT2D eigenvalue weighted by Gasteiger charge is 2.11. The zero-order chi connectivity index (χ0) is 16.8. The molecule has 7 nitrogen and oxygen atoms in total. The van der Waals surface area contributed by atoms with Gasteiger partial charge in [-0.15, -0.1) is 0 Å². The number of amides is 1. The number of hydrazone groups is 1. The van der Waals surface area contributed by atoms with E-state index in [0.29, 0.717) is 16.9 Å². The van der Waals surface area contributed by atoms with E-state index >= 15 is 0 Å². The Morgan fingerprint density at radius 1 is 1.30 bits per heavy atom. The molecule has 0 aromatic heterocycles. The molecular formula is C16H15N3O4. The van der Waals surface area contributed by atoms with E-state index in [1.54, 1.807) is 30.3 Å². The summed E-state index contributed by atoms with van der Waals surface area (Å²) in [4.78, 5) is 22.3. The lowest BCUT2D eigenvalue weighted by Gasteiger charge is -2.07. The number of nitrogens with zero attached hydrogens (tertiary/aromatic N) is 2. The lowest BCUT2D eigenvalue weighted by molar-refractivity contribution is -0.384. The average molecular weight is 313 g/mol. The molecular weight excluding hydrogens is 298 g/mol. The minimum absolute atomic E-state index is 0.0412. The van der Waals surface area contributed by atoms with Crippen molar-refractivity contribution in [1.82, 2.24) is 5.43 Å². The Kier molecular flexibility index (Phi) is 5.03. The number of nitro benzene ring substituents is 1. The molecule has 0 bridgehead atoms. The molecule has 7 heteroatoms. The van der Waals surface area contributed by atoms with E-state index < -0.39 is 10.8 Å². The Morgan fingerprint density at radius 2 is 2.09 bits per heavy atom. The van der Waals surface area contributed by atoms with Crippen molar-refractivity contribution in [3.8, 4) is 5.75 Å². The van der Waals surface area contributed by atoms with Gasteiger partial charge in [0.15, 0.2) is 0 Å². The number of nitro groups is 1. The van der Waals surface area contributed by atoms with Crippen LogP contribution in [0.3, 0.4) is 0 Å². The van der Waals surface area contributed by atoms with Crippen LogP contribution < -0.4 is 10.2 Å². The molecule has 0 aliphatic rings. The fourth-order valence-electron chi connectivity index (χ4n) is 1.93. The van der Waals surface area contributed by atoms with Gasteiger partial charge >= 0.3 is 0 Å². The van der Waals surface area contributed by atoms with E-state index in [0.717, 1.165) is 5.56 Å². The average Bonchev–Trinajstić information content (AvgIpc) is 2.54. The fraction of sp³-hybridized carbons (Fsp3) is 0.125. The van der Waals surface area contributed by atoms with Crippen LogP contribution in [-0.4, -0.2) is 24.2 Å². The highest BCUT2D eigenvalue weighted by Crippen LogP contribution is 2.19. The maximum Gasteiger partial charge on any atom is 0.275 e. The molecule has 0 aliphatic carbocycles. The first-order valence-electron chi connectivity index (χ1n) is 6.74. The van der Waals surface area contributed by atoms with E-state index in [1.807, 2.05) is 6.92 Å². The smallest absolute Gasteiger partial charge is 0.275 e. The normalized spacial score (nSPS) is 10.5. The van der Waals surface area contributed by atoms with Crippen LogP contribution in [0, 0.1) is 17.0 Å². The summed E-state index contributed by atoms with van der Waals surface area (Å²) in [6, 6.07) is 11.1. The number of hydrogen-bond donors (Lipinski definition) is 1. The quantitative estimate of drug-likeness (QED) is 0.521. The molecule has 0 heterocycles. The van der Waals surface area contributed by atoms with Crippen molar-refractivity contribution in [3.05, 3.63) is 69.3 Å². The second-order valence-corrected chi connectivity index (χ2v) is 4.75. The van der Waals surface area contributed by atoms with Crippen LogP contribution in [-0.2, 0) is 0 Å². The molecule has 0 radical (unpaired) electrons. The zero-order valence-corrected chi connectivity index (χ0v) is 12.6. The summed E-state index contributed by atoms with van der Waals surface area (Å²) >= 11 is 0. The van der Waals surface area contributed by atoms with E-state index in [-0.39, 0.29) is 5.69 Å². The third-order valence-electron chi connectivity index (χ3n) is 3.06. The van der Waals surface area contributed by atoms with E-state index in [1.165, 1.54) is 25.5 Å². The van der Waals surface area contributed by atoms with Crippen molar-refractivity contribution in [1.29, 1.82) is 0 Å². The second-order valence-electron chi connectivity index (χ2n) is 4.75. The molecule has 0 fully saturated rings. The van der Waals surface area contributed by atoms with Crippen molar-refractivity contribution in [2.75, 3.05) is 7.11 Å². The summed E-state index contributed by atoms with van der Waals surface area (Å²) in [5, 5.41) is 14.5. The first-order chi connectivity index (χ1) is 11.0. The van der Waals surface area contributed by atoms with Gasteiger partial charge in [-0.2, -0.15) is 5.10 Å².